The van der Waals surface area contributed by atoms with E-state index in [0.717, 1.165) is 5.69 Å². The highest BCUT2D eigenvalue weighted by atomic mass is 35.5. The van der Waals surface area contributed by atoms with Gasteiger partial charge in [0.25, 0.3) is 0 Å². The molecule has 2 aliphatic heterocycles. The summed E-state index contributed by atoms with van der Waals surface area (Å²) in [6.45, 7) is 7.45. The number of aromatic nitrogens is 2. The Bertz CT molecular complexity index is 1620. The molecule has 0 radical (unpaired) electrons. The number of nitrogens with zero attached hydrogens (tertiary/aromatic N) is 5. The molecule has 1 N–H and O–H groups in total. The number of methoxy groups -OCH3 is 1. The van der Waals surface area contributed by atoms with Crippen LogP contribution in [0.1, 0.15) is 27.2 Å². The maximum absolute atomic E-state index is 14.6. The molecule has 5 rings (SSSR count). The standard InChI is InChI=1S/C32H36ClFN6O6/c1-32(2,3)46-31(43)40-12-11-38(19-26(40)30(42)44-4)10-8-29(41)37-28-16-21(7-9-35-28)39-13-14-45-27-18-36-24(17-25(27)39)22-15-20(33)5-6-23(22)34/h5-7,9,15-18,26H,8,10-14,19H2,1-4H3,(H,35,37,41). The van der Waals surface area contributed by atoms with Gasteiger partial charge in [-0.2, -0.15) is 0 Å². The van der Waals surface area contributed by atoms with Gasteiger partial charge in [-0.3, -0.25) is 19.6 Å². The Labute approximate surface area is 271 Å². The number of hydrogen-bond acceptors (Lipinski definition) is 10. The molecule has 0 saturated carbocycles. The predicted molar refractivity (Wildman–Crippen MR) is 170 cm³/mol. The lowest BCUT2D eigenvalue weighted by molar-refractivity contribution is -0.149. The molecule has 1 aromatic carbocycles. The van der Waals surface area contributed by atoms with E-state index in [-0.39, 0.29) is 31.0 Å². The van der Waals surface area contributed by atoms with Crippen LogP contribution in [-0.4, -0.2) is 95.8 Å². The lowest BCUT2D eigenvalue weighted by Crippen LogP contribution is -2.59. The van der Waals surface area contributed by atoms with Gasteiger partial charge in [0.05, 0.1) is 31.2 Å². The van der Waals surface area contributed by atoms with E-state index < -0.39 is 29.5 Å². The molecule has 46 heavy (non-hydrogen) atoms. The van der Waals surface area contributed by atoms with Gasteiger partial charge in [-0.05, 0) is 51.1 Å². The van der Waals surface area contributed by atoms with E-state index in [1.165, 1.54) is 30.2 Å². The Morgan fingerprint density at radius 2 is 1.91 bits per heavy atom. The topological polar surface area (TPSA) is 126 Å². The zero-order valence-electron chi connectivity index (χ0n) is 26.1. The number of amides is 2. The van der Waals surface area contributed by atoms with E-state index in [1.807, 2.05) is 15.9 Å². The highest BCUT2D eigenvalue weighted by Gasteiger charge is 2.38. The van der Waals surface area contributed by atoms with Gasteiger partial charge in [0.15, 0.2) is 5.75 Å². The molecule has 3 aromatic rings. The zero-order valence-corrected chi connectivity index (χ0v) is 26.8. The maximum atomic E-state index is 14.6. The van der Waals surface area contributed by atoms with Crippen molar-refractivity contribution in [1.82, 2.24) is 19.8 Å². The van der Waals surface area contributed by atoms with Gasteiger partial charge in [-0.25, -0.2) is 19.0 Å². The summed E-state index contributed by atoms with van der Waals surface area (Å²) in [5.74, 6) is -0.366. The fourth-order valence-electron chi connectivity index (χ4n) is 5.27. The number of benzene rings is 1. The number of esters is 1. The van der Waals surface area contributed by atoms with E-state index in [0.29, 0.717) is 54.2 Å². The van der Waals surface area contributed by atoms with E-state index in [9.17, 15) is 18.8 Å². The number of anilines is 3. The SMILES string of the molecule is COC(=O)C1CN(CCC(=O)Nc2cc(N3CCOc4cnc(-c5cc(Cl)ccc5F)cc43)ccn2)CCN1C(=O)OC(C)(C)C. The molecule has 2 amide bonds. The summed E-state index contributed by atoms with van der Waals surface area (Å²) in [4.78, 5) is 52.2. The van der Waals surface area contributed by atoms with Crippen molar-refractivity contribution in [2.75, 3.05) is 56.7 Å². The molecular weight excluding hydrogens is 619 g/mol. The molecule has 0 spiro atoms. The highest BCUT2D eigenvalue weighted by molar-refractivity contribution is 6.30. The average molecular weight is 655 g/mol. The molecule has 2 aliphatic rings. The number of ether oxygens (including phenoxy) is 3. The number of nitrogens with one attached hydrogen (secondary N) is 1. The molecule has 1 saturated heterocycles. The second-order valence-electron chi connectivity index (χ2n) is 11.9. The molecular formula is C32H36ClFN6O6. The Hall–Kier alpha value is -4.49. The van der Waals surface area contributed by atoms with Crippen LogP contribution in [-0.2, 0) is 19.1 Å². The molecule has 1 fully saturated rings. The van der Waals surface area contributed by atoms with E-state index in [2.05, 4.69) is 15.3 Å². The van der Waals surface area contributed by atoms with Gasteiger partial charge in [-0.1, -0.05) is 11.6 Å². The summed E-state index contributed by atoms with van der Waals surface area (Å²) in [6.07, 6.45) is 2.69. The molecule has 14 heteroatoms. The molecule has 0 bridgehead atoms. The van der Waals surface area contributed by atoms with Crippen molar-refractivity contribution in [2.45, 2.75) is 38.8 Å². The molecule has 244 valence electrons. The summed E-state index contributed by atoms with van der Waals surface area (Å²) in [5, 5.41) is 3.24. The smallest absolute Gasteiger partial charge is 0.411 e. The van der Waals surface area contributed by atoms with Crippen LogP contribution in [0, 0.1) is 5.82 Å². The fourth-order valence-corrected chi connectivity index (χ4v) is 5.44. The largest absolute Gasteiger partial charge is 0.488 e. The molecule has 2 aromatic heterocycles. The third-order valence-corrected chi connectivity index (χ3v) is 7.69. The first-order valence-corrected chi connectivity index (χ1v) is 15.2. The first-order valence-electron chi connectivity index (χ1n) is 14.8. The van der Waals surface area contributed by atoms with Crippen molar-refractivity contribution < 1.29 is 33.0 Å². The summed E-state index contributed by atoms with van der Waals surface area (Å²) >= 11 is 6.11. The lowest BCUT2D eigenvalue weighted by atomic mass is 10.1. The third-order valence-electron chi connectivity index (χ3n) is 7.46. The van der Waals surface area contributed by atoms with Crippen LogP contribution < -0.4 is 15.0 Å². The fraction of sp³-hybridized carbons (Fsp3) is 0.406. The van der Waals surface area contributed by atoms with Crippen molar-refractivity contribution in [3.05, 3.63) is 59.6 Å². The minimum absolute atomic E-state index is 0.132. The van der Waals surface area contributed by atoms with Crippen LogP contribution >= 0.6 is 11.6 Å². The van der Waals surface area contributed by atoms with Crippen LogP contribution in [0.5, 0.6) is 5.75 Å². The van der Waals surface area contributed by atoms with Gasteiger partial charge in [-0.15, -0.1) is 0 Å². The zero-order chi connectivity index (χ0) is 33.0. The molecule has 1 unspecified atom stereocenters. The average Bonchev–Trinajstić information content (AvgIpc) is 3.03. The van der Waals surface area contributed by atoms with Crippen molar-refractivity contribution in [1.29, 1.82) is 0 Å². The number of carbonyl (C=O) groups excluding carboxylic acids is 3. The summed E-state index contributed by atoms with van der Waals surface area (Å²) < 4.78 is 30.8. The number of carbonyl (C=O) groups is 3. The molecule has 0 aliphatic carbocycles. The van der Waals surface area contributed by atoms with Crippen molar-refractivity contribution in [3.63, 3.8) is 0 Å². The number of pyridine rings is 2. The predicted octanol–water partition coefficient (Wildman–Crippen LogP) is 4.89. The molecule has 12 nitrogen and oxygen atoms in total. The minimum Gasteiger partial charge on any atom is -0.488 e. The molecule has 1 atom stereocenters. The second kappa shape index (κ2) is 13.9. The number of hydrogen-bond donors (Lipinski definition) is 1. The highest BCUT2D eigenvalue weighted by Crippen LogP contribution is 2.39. The molecule has 4 heterocycles. The summed E-state index contributed by atoms with van der Waals surface area (Å²) in [6, 6.07) is 8.75. The quantitative estimate of drug-likeness (QED) is 0.352. The monoisotopic (exact) mass is 654 g/mol. The second-order valence-corrected chi connectivity index (χ2v) is 12.3. The number of rotatable bonds is 7. The number of piperazine rings is 1. The van der Waals surface area contributed by atoms with Gasteiger partial charge in [0.2, 0.25) is 5.91 Å². The van der Waals surface area contributed by atoms with Crippen molar-refractivity contribution in [2.24, 2.45) is 0 Å². The van der Waals surface area contributed by atoms with E-state index >= 15 is 0 Å². The summed E-state index contributed by atoms with van der Waals surface area (Å²) in [5.41, 5.74) is 1.40. The van der Waals surface area contributed by atoms with Crippen LogP contribution in [0.3, 0.4) is 0 Å². The van der Waals surface area contributed by atoms with Crippen LogP contribution in [0.4, 0.5) is 26.4 Å². The van der Waals surface area contributed by atoms with Crippen molar-refractivity contribution >= 4 is 46.8 Å². The van der Waals surface area contributed by atoms with Gasteiger partial charge < -0.3 is 24.4 Å². The van der Waals surface area contributed by atoms with Crippen LogP contribution in [0.25, 0.3) is 11.3 Å². The van der Waals surface area contributed by atoms with Crippen LogP contribution in [0.2, 0.25) is 5.02 Å². The Morgan fingerprint density at radius 3 is 2.67 bits per heavy atom. The Kier molecular flexibility index (Phi) is 9.92. The first kappa shape index (κ1) is 32.9. The third kappa shape index (κ3) is 7.83. The summed E-state index contributed by atoms with van der Waals surface area (Å²) in [7, 11) is 1.27. The number of halogens is 2. The first-order chi connectivity index (χ1) is 21.9. The van der Waals surface area contributed by atoms with E-state index in [4.69, 9.17) is 25.8 Å². The Morgan fingerprint density at radius 1 is 1.11 bits per heavy atom. The normalized spacial score (nSPS) is 16.7. The van der Waals surface area contributed by atoms with Gasteiger partial charge >= 0.3 is 12.1 Å². The van der Waals surface area contributed by atoms with Crippen LogP contribution in [0.15, 0.2) is 48.8 Å². The van der Waals surface area contributed by atoms with E-state index in [1.54, 1.807) is 45.3 Å². The van der Waals surface area contributed by atoms with Gasteiger partial charge in [0, 0.05) is 61.1 Å². The lowest BCUT2D eigenvalue weighted by Gasteiger charge is -2.40. The Balaban J connectivity index is 1.23. The van der Waals surface area contributed by atoms with Gasteiger partial charge in [0.1, 0.15) is 29.9 Å². The maximum Gasteiger partial charge on any atom is 0.411 e. The minimum atomic E-state index is -0.850. The van der Waals surface area contributed by atoms with Crippen molar-refractivity contribution in [3.8, 4) is 17.0 Å². The number of fused-ring (bicyclic) bond motifs is 1.